The van der Waals surface area contributed by atoms with Gasteiger partial charge in [-0.25, -0.2) is 9.78 Å². The van der Waals surface area contributed by atoms with Gasteiger partial charge in [0.15, 0.2) is 0 Å². The van der Waals surface area contributed by atoms with Crippen molar-refractivity contribution in [3.05, 3.63) is 29.5 Å². The quantitative estimate of drug-likeness (QED) is 0.739. The zero-order chi connectivity index (χ0) is 10.6. The van der Waals surface area contributed by atoms with E-state index in [9.17, 15) is 4.79 Å². The second kappa shape index (κ2) is 4.41. The Morgan fingerprint density at radius 3 is 2.86 bits per heavy atom. The molecule has 0 aromatic carbocycles. The highest BCUT2D eigenvalue weighted by atomic mass is 16.5. The predicted octanol–water partition coefficient (Wildman–Crippen LogP) is 1.50. The molecule has 4 nitrogen and oxygen atoms in total. The molecular formula is C10H11NO3. The van der Waals surface area contributed by atoms with E-state index in [0.717, 1.165) is 17.2 Å². The molecule has 0 fully saturated rings. The smallest absolute Gasteiger partial charge is 0.328 e. The molecule has 0 radical (unpaired) electrons. The molecule has 0 bridgehead atoms. The highest BCUT2D eigenvalue weighted by molar-refractivity contribution is 5.85. The Bertz CT molecular complexity index is 372. The van der Waals surface area contributed by atoms with E-state index >= 15 is 0 Å². The molecule has 0 unspecified atom stereocenters. The van der Waals surface area contributed by atoms with Crippen molar-refractivity contribution in [3.8, 4) is 5.88 Å². The molecule has 1 heterocycles. The number of ether oxygens (including phenoxy) is 1. The summed E-state index contributed by atoms with van der Waals surface area (Å²) in [6.07, 6.45) is 4.12. The fourth-order valence-corrected chi connectivity index (χ4v) is 1.06. The van der Waals surface area contributed by atoms with Gasteiger partial charge in [0.05, 0.1) is 7.11 Å². The molecule has 1 aromatic rings. The molecule has 4 heteroatoms. The molecule has 0 spiro atoms. The Kier molecular flexibility index (Phi) is 3.23. The second-order valence-corrected chi connectivity index (χ2v) is 2.77. The average Bonchev–Trinajstić information content (AvgIpc) is 2.15. The Morgan fingerprint density at radius 1 is 1.64 bits per heavy atom. The molecule has 1 rings (SSSR count). The SMILES string of the molecule is COc1ncc(/C=C/C(=O)O)cc1C. The topological polar surface area (TPSA) is 59.4 Å². The van der Waals surface area contributed by atoms with Crippen LogP contribution in [0.5, 0.6) is 5.88 Å². The van der Waals surface area contributed by atoms with Crippen LogP contribution in [-0.2, 0) is 4.79 Å². The minimum absolute atomic E-state index is 0.553. The lowest BCUT2D eigenvalue weighted by atomic mass is 10.2. The molecule has 74 valence electrons. The van der Waals surface area contributed by atoms with E-state index in [0.29, 0.717) is 5.88 Å². The van der Waals surface area contributed by atoms with Crippen LogP contribution in [0.2, 0.25) is 0 Å². The predicted molar refractivity (Wildman–Crippen MR) is 52.2 cm³/mol. The summed E-state index contributed by atoms with van der Waals surface area (Å²) in [5.41, 5.74) is 1.62. The van der Waals surface area contributed by atoms with Crippen LogP contribution in [0.15, 0.2) is 18.3 Å². The third-order valence-electron chi connectivity index (χ3n) is 1.66. The molecule has 0 saturated carbocycles. The Balaban J connectivity index is 2.91. The van der Waals surface area contributed by atoms with Crippen molar-refractivity contribution in [2.75, 3.05) is 7.11 Å². The average molecular weight is 193 g/mol. The van der Waals surface area contributed by atoms with Crippen molar-refractivity contribution >= 4 is 12.0 Å². The lowest BCUT2D eigenvalue weighted by molar-refractivity contribution is -0.131. The number of rotatable bonds is 3. The monoisotopic (exact) mass is 193 g/mol. The first-order valence-electron chi connectivity index (χ1n) is 4.05. The van der Waals surface area contributed by atoms with Gasteiger partial charge in [-0.1, -0.05) is 0 Å². The number of hydrogen-bond donors (Lipinski definition) is 1. The van der Waals surface area contributed by atoms with Gasteiger partial charge in [-0.2, -0.15) is 0 Å². The zero-order valence-corrected chi connectivity index (χ0v) is 8.02. The summed E-state index contributed by atoms with van der Waals surface area (Å²) in [6, 6.07) is 1.81. The number of pyridine rings is 1. The highest BCUT2D eigenvalue weighted by Crippen LogP contribution is 2.15. The van der Waals surface area contributed by atoms with E-state index in [2.05, 4.69) is 4.98 Å². The van der Waals surface area contributed by atoms with Crippen molar-refractivity contribution in [3.63, 3.8) is 0 Å². The summed E-state index contributed by atoms with van der Waals surface area (Å²) in [4.78, 5) is 14.3. The third-order valence-corrected chi connectivity index (χ3v) is 1.66. The van der Waals surface area contributed by atoms with Crippen LogP contribution in [0, 0.1) is 6.92 Å². The Morgan fingerprint density at radius 2 is 2.36 bits per heavy atom. The molecule has 14 heavy (non-hydrogen) atoms. The molecule has 0 aliphatic carbocycles. The number of hydrogen-bond acceptors (Lipinski definition) is 3. The first-order valence-corrected chi connectivity index (χ1v) is 4.05. The van der Waals surface area contributed by atoms with Crippen molar-refractivity contribution in [2.24, 2.45) is 0 Å². The maximum absolute atomic E-state index is 10.2. The van der Waals surface area contributed by atoms with Crippen LogP contribution in [-0.4, -0.2) is 23.2 Å². The van der Waals surface area contributed by atoms with Gasteiger partial charge in [0.25, 0.3) is 0 Å². The number of nitrogens with zero attached hydrogens (tertiary/aromatic N) is 1. The standard InChI is InChI=1S/C10H11NO3/c1-7-5-8(3-4-9(12)13)6-11-10(7)14-2/h3-6H,1-2H3,(H,12,13)/b4-3+. The van der Waals surface area contributed by atoms with Gasteiger partial charge >= 0.3 is 5.97 Å². The largest absolute Gasteiger partial charge is 0.481 e. The van der Waals surface area contributed by atoms with E-state index in [-0.39, 0.29) is 0 Å². The van der Waals surface area contributed by atoms with Crippen molar-refractivity contribution in [1.29, 1.82) is 0 Å². The van der Waals surface area contributed by atoms with Crippen LogP contribution in [0.25, 0.3) is 6.08 Å². The first-order chi connectivity index (χ1) is 6.63. The number of carboxylic acids is 1. The summed E-state index contributed by atoms with van der Waals surface area (Å²) in [5, 5.41) is 8.41. The van der Waals surface area contributed by atoms with E-state index in [4.69, 9.17) is 9.84 Å². The Hall–Kier alpha value is -1.84. The van der Waals surface area contributed by atoms with Crippen LogP contribution in [0.1, 0.15) is 11.1 Å². The summed E-state index contributed by atoms with van der Waals surface area (Å²) in [7, 11) is 1.54. The van der Waals surface area contributed by atoms with Crippen molar-refractivity contribution in [2.45, 2.75) is 6.92 Å². The zero-order valence-electron chi connectivity index (χ0n) is 8.02. The van der Waals surface area contributed by atoms with Crippen LogP contribution < -0.4 is 4.74 Å². The van der Waals surface area contributed by atoms with Gasteiger partial charge in [-0.3, -0.25) is 0 Å². The number of methoxy groups -OCH3 is 1. The van der Waals surface area contributed by atoms with Crippen LogP contribution >= 0.6 is 0 Å². The van der Waals surface area contributed by atoms with Gasteiger partial charge in [-0.05, 0) is 24.6 Å². The molecule has 0 aliphatic heterocycles. The van der Waals surface area contributed by atoms with E-state index in [1.54, 1.807) is 13.3 Å². The minimum atomic E-state index is -0.974. The van der Waals surface area contributed by atoms with Crippen LogP contribution in [0.3, 0.4) is 0 Å². The molecular weight excluding hydrogens is 182 g/mol. The number of aromatic nitrogens is 1. The van der Waals surface area contributed by atoms with Gasteiger partial charge < -0.3 is 9.84 Å². The number of carbonyl (C=O) groups is 1. The molecule has 0 atom stereocenters. The third kappa shape index (κ3) is 2.58. The normalized spacial score (nSPS) is 10.4. The molecule has 1 aromatic heterocycles. The maximum Gasteiger partial charge on any atom is 0.328 e. The van der Waals surface area contributed by atoms with E-state index in [1.165, 1.54) is 6.08 Å². The number of aryl methyl sites for hydroxylation is 1. The van der Waals surface area contributed by atoms with E-state index < -0.39 is 5.97 Å². The number of carboxylic acid groups (broad SMARTS) is 1. The van der Waals surface area contributed by atoms with Gasteiger partial charge in [-0.15, -0.1) is 0 Å². The summed E-state index contributed by atoms with van der Waals surface area (Å²) >= 11 is 0. The van der Waals surface area contributed by atoms with E-state index in [1.807, 2.05) is 13.0 Å². The summed E-state index contributed by atoms with van der Waals surface area (Å²) in [6.45, 7) is 1.85. The molecule has 0 saturated heterocycles. The minimum Gasteiger partial charge on any atom is -0.481 e. The van der Waals surface area contributed by atoms with Crippen molar-refractivity contribution in [1.82, 2.24) is 4.98 Å². The molecule has 0 aliphatic rings. The molecule has 1 N–H and O–H groups in total. The van der Waals surface area contributed by atoms with Crippen LogP contribution in [0.4, 0.5) is 0 Å². The van der Waals surface area contributed by atoms with Crippen molar-refractivity contribution < 1.29 is 14.6 Å². The Labute approximate surface area is 81.9 Å². The van der Waals surface area contributed by atoms with Gasteiger partial charge in [0, 0.05) is 17.8 Å². The first kappa shape index (κ1) is 10.2. The summed E-state index contributed by atoms with van der Waals surface area (Å²) in [5.74, 6) is -0.420. The van der Waals surface area contributed by atoms with Gasteiger partial charge in [0.2, 0.25) is 5.88 Å². The summed E-state index contributed by atoms with van der Waals surface area (Å²) < 4.78 is 4.97. The lowest BCUT2D eigenvalue weighted by Crippen LogP contribution is -1.92. The second-order valence-electron chi connectivity index (χ2n) is 2.77. The van der Waals surface area contributed by atoms with Gasteiger partial charge in [0.1, 0.15) is 0 Å². The number of aliphatic carboxylic acids is 1. The lowest BCUT2D eigenvalue weighted by Gasteiger charge is -2.02. The maximum atomic E-state index is 10.2. The highest BCUT2D eigenvalue weighted by Gasteiger charge is 1.99. The molecule has 0 amide bonds. The fourth-order valence-electron chi connectivity index (χ4n) is 1.06. The fraction of sp³-hybridized carbons (Fsp3) is 0.200.